The van der Waals surface area contributed by atoms with Gasteiger partial charge in [0.05, 0.1) is 36.7 Å². The maximum absolute atomic E-state index is 15.1. The predicted molar refractivity (Wildman–Crippen MR) is 154 cm³/mol. The van der Waals surface area contributed by atoms with Crippen LogP contribution < -0.4 is 20.3 Å². The molecule has 0 saturated carbocycles. The van der Waals surface area contributed by atoms with Crippen molar-refractivity contribution in [1.29, 1.82) is 0 Å². The summed E-state index contributed by atoms with van der Waals surface area (Å²) in [5, 5.41) is 13.7. The number of aliphatic hydroxyl groups excluding tert-OH is 1. The monoisotopic (exact) mass is 576 g/mol. The Morgan fingerprint density at radius 3 is 2.63 bits per heavy atom. The second-order valence-corrected chi connectivity index (χ2v) is 9.82. The van der Waals surface area contributed by atoms with Gasteiger partial charge in [-0.15, -0.1) is 0 Å². The minimum absolute atomic E-state index is 0.0536. The maximum Gasteiger partial charge on any atom is 0.284 e. The number of nitrogens with zero attached hydrogens (tertiary/aromatic N) is 3. The number of benzene rings is 3. The third kappa shape index (κ3) is 5.65. The normalized spacial score (nSPS) is 11.9. The average Bonchev–Trinajstić information content (AvgIpc) is 3.18. The molecule has 3 aromatic carbocycles. The van der Waals surface area contributed by atoms with Crippen LogP contribution in [0, 0.1) is 12.7 Å². The molecule has 0 bridgehead atoms. The van der Waals surface area contributed by atoms with Crippen LogP contribution in [0.3, 0.4) is 0 Å². The molecule has 5 aromatic rings. The fourth-order valence-corrected chi connectivity index (χ4v) is 4.72. The Hall–Kier alpha value is -4.67. The molecule has 2 aromatic heterocycles. The Bertz CT molecular complexity index is 1830. The molecule has 2 N–H and O–H groups in total. The van der Waals surface area contributed by atoms with E-state index in [1.165, 1.54) is 21.5 Å². The van der Waals surface area contributed by atoms with Crippen molar-refractivity contribution in [3.63, 3.8) is 0 Å². The molecule has 0 aliphatic rings. The highest BCUT2D eigenvalue weighted by atomic mass is 35.5. The molecule has 5 rings (SSSR count). The average molecular weight is 577 g/mol. The van der Waals surface area contributed by atoms with Gasteiger partial charge in [0.25, 0.3) is 11.5 Å². The first-order chi connectivity index (χ1) is 19.7. The van der Waals surface area contributed by atoms with Crippen molar-refractivity contribution in [2.24, 2.45) is 0 Å². The van der Waals surface area contributed by atoms with E-state index in [1.54, 1.807) is 75.7 Å². The zero-order chi connectivity index (χ0) is 29.3. The molecule has 0 radical (unpaired) electrons. The summed E-state index contributed by atoms with van der Waals surface area (Å²) in [7, 11) is 1.55. The van der Waals surface area contributed by atoms with Crippen molar-refractivity contribution in [1.82, 2.24) is 14.3 Å². The topological polar surface area (TPSA) is 108 Å². The largest absolute Gasteiger partial charge is 0.497 e. The second-order valence-electron chi connectivity index (χ2n) is 9.38. The number of rotatable bonds is 8. The van der Waals surface area contributed by atoms with Crippen LogP contribution in [0.15, 0.2) is 77.7 Å². The van der Waals surface area contributed by atoms with E-state index in [9.17, 15) is 14.7 Å². The van der Waals surface area contributed by atoms with E-state index in [1.807, 2.05) is 0 Å². The number of hydrogen-bond acceptors (Lipinski definition) is 6. The van der Waals surface area contributed by atoms with Crippen LogP contribution in [0.25, 0.3) is 16.6 Å². The van der Waals surface area contributed by atoms with E-state index in [0.717, 1.165) is 6.07 Å². The van der Waals surface area contributed by atoms with Crippen molar-refractivity contribution in [3.8, 4) is 22.9 Å². The zero-order valence-electron chi connectivity index (χ0n) is 22.4. The van der Waals surface area contributed by atoms with Crippen LogP contribution >= 0.6 is 11.6 Å². The van der Waals surface area contributed by atoms with Gasteiger partial charge in [0.15, 0.2) is 11.6 Å². The number of pyridine rings is 1. The van der Waals surface area contributed by atoms with E-state index >= 15 is 4.39 Å². The molecule has 0 aliphatic carbocycles. The van der Waals surface area contributed by atoms with Gasteiger partial charge in [-0.25, -0.2) is 9.07 Å². The molecule has 0 spiro atoms. The number of methoxy groups -OCH3 is 1. The Morgan fingerprint density at radius 1 is 1.12 bits per heavy atom. The maximum atomic E-state index is 15.1. The summed E-state index contributed by atoms with van der Waals surface area (Å²) in [6.45, 7) is 3.23. The van der Waals surface area contributed by atoms with Crippen molar-refractivity contribution < 1.29 is 23.8 Å². The summed E-state index contributed by atoms with van der Waals surface area (Å²) >= 11 is 6.13. The van der Waals surface area contributed by atoms with Gasteiger partial charge in [-0.1, -0.05) is 17.7 Å². The number of halogens is 2. The standard InChI is InChI=1S/C30H26ClFN4O5/c1-17(37)16-35-18(2)28(30(39)36(35)21-6-4-5-19(31)13-21)29(38)34-20-7-10-27(24(32)14-20)41-26-11-12-33-25-15-22(40-3)8-9-23(25)26/h4-15,17,37H,16H2,1-3H3,(H,34,38)/t17-/m1/s1. The molecule has 210 valence electrons. The first kappa shape index (κ1) is 27.9. The first-order valence-corrected chi connectivity index (χ1v) is 13.0. The van der Waals surface area contributed by atoms with E-state index in [2.05, 4.69) is 10.3 Å². The Labute approximate surface area is 239 Å². The van der Waals surface area contributed by atoms with Crippen LogP contribution in [0.2, 0.25) is 5.02 Å². The molecule has 0 fully saturated rings. The molecule has 0 aliphatic heterocycles. The molecule has 0 saturated heterocycles. The lowest BCUT2D eigenvalue weighted by molar-refractivity contribution is 0.102. The van der Waals surface area contributed by atoms with Gasteiger partial charge in [0.2, 0.25) is 0 Å². The molecule has 11 heteroatoms. The van der Waals surface area contributed by atoms with Gasteiger partial charge in [-0.2, -0.15) is 0 Å². The lowest BCUT2D eigenvalue weighted by Gasteiger charge is -2.15. The number of ether oxygens (including phenoxy) is 2. The Balaban J connectivity index is 1.43. The number of carbonyl (C=O) groups excluding carboxylic acids is 1. The summed E-state index contributed by atoms with van der Waals surface area (Å²) in [5.41, 5.74) is 0.748. The van der Waals surface area contributed by atoms with Crippen molar-refractivity contribution in [2.75, 3.05) is 12.4 Å². The van der Waals surface area contributed by atoms with Crippen molar-refractivity contribution >= 4 is 34.1 Å². The number of nitrogens with one attached hydrogen (secondary N) is 1. The van der Waals surface area contributed by atoms with Crippen LogP contribution in [0.4, 0.5) is 10.1 Å². The molecule has 2 heterocycles. The fraction of sp³-hybridized carbons (Fsp3) is 0.167. The van der Waals surface area contributed by atoms with Crippen LogP contribution in [-0.4, -0.2) is 38.6 Å². The van der Waals surface area contributed by atoms with Crippen LogP contribution in [-0.2, 0) is 6.54 Å². The van der Waals surface area contributed by atoms with Gasteiger partial charge in [-0.3, -0.25) is 19.3 Å². The minimum Gasteiger partial charge on any atom is -0.497 e. The number of aromatic nitrogens is 3. The van der Waals surface area contributed by atoms with Gasteiger partial charge < -0.3 is 19.9 Å². The van der Waals surface area contributed by atoms with Gasteiger partial charge in [-0.05, 0) is 62.4 Å². The van der Waals surface area contributed by atoms with Crippen LogP contribution in [0.1, 0.15) is 23.0 Å². The highest BCUT2D eigenvalue weighted by Gasteiger charge is 2.25. The number of amides is 1. The predicted octanol–water partition coefficient (Wildman–Crippen LogP) is 5.72. The Morgan fingerprint density at radius 2 is 1.93 bits per heavy atom. The lowest BCUT2D eigenvalue weighted by Crippen LogP contribution is -2.27. The molecule has 0 unspecified atom stereocenters. The van der Waals surface area contributed by atoms with Gasteiger partial charge in [0, 0.05) is 34.4 Å². The summed E-state index contributed by atoms with van der Waals surface area (Å²) in [4.78, 5) is 31.1. The first-order valence-electron chi connectivity index (χ1n) is 12.6. The highest BCUT2D eigenvalue weighted by Crippen LogP contribution is 2.33. The summed E-state index contributed by atoms with van der Waals surface area (Å²) in [6.07, 6.45) is 0.745. The third-order valence-corrected chi connectivity index (χ3v) is 6.67. The Kier molecular flexibility index (Phi) is 7.78. The second kappa shape index (κ2) is 11.4. The minimum atomic E-state index is -0.803. The molecular weight excluding hydrogens is 551 g/mol. The number of fused-ring (bicyclic) bond motifs is 1. The number of carbonyl (C=O) groups is 1. The third-order valence-electron chi connectivity index (χ3n) is 6.43. The highest BCUT2D eigenvalue weighted by molar-refractivity contribution is 6.30. The SMILES string of the molecule is COc1ccc2c(Oc3ccc(NC(=O)c4c(C)n(C[C@@H](C)O)n(-c5cccc(Cl)c5)c4=O)cc3F)ccnc2c1. The lowest BCUT2D eigenvalue weighted by atomic mass is 10.2. The number of hydrogen-bond donors (Lipinski definition) is 2. The smallest absolute Gasteiger partial charge is 0.284 e. The molecular formula is C30H26ClFN4O5. The van der Waals surface area contributed by atoms with E-state index in [0.29, 0.717) is 38.8 Å². The number of anilines is 1. The molecule has 41 heavy (non-hydrogen) atoms. The summed E-state index contributed by atoms with van der Waals surface area (Å²) in [6, 6.07) is 17.4. The summed E-state index contributed by atoms with van der Waals surface area (Å²) < 4.78 is 29.0. The fourth-order valence-electron chi connectivity index (χ4n) is 4.54. The van der Waals surface area contributed by atoms with Crippen LogP contribution in [0.5, 0.6) is 17.2 Å². The van der Waals surface area contributed by atoms with E-state index < -0.39 is 23.4 Å². The van der Waals surface area contributed by atoms with Gasteiger partial charge in [0.1, 0.15) is 17.1 Å². The summed E-state index contributed by atoms with van der Waals surface area (Å²) in [5.74, 6) is -0.487. The van der Waals surface area contributed by atoms with E-state index in [4.69, 9.17) is 21.1 Å². The van der Waals surface area contributed by atoms with Gasteiger partial charge >= 0.3 is 0 Å². The zero-order valence-corrected chi connectivity index (χ0v) is 23.1. The van der Waals surface area contributed by atoms with Crippen molar-refractivity contribution in [3.05, 3.63) is 105 Å². The van der Waals surface area contributed by atoms with E-state index in [-0.39, 0.29) is 23.5 Å². The number of aliphatic hydroxyl groups is 1. The molecule has 1 amide bonds. The van der Waals surface area contributed by atoms with Crippen molar-refractivity contribution in [2.45, 2.75) is 26.5 Å². The quantitative estimate of drug-likeness (QED) is 0.245. The molecule has 1 atom stereocenters. The molecule has 9 nitrogen and oxygen atoms in total.